The van der Waals surface area contributed by atoms with Gasteiger partial charge in [0.1, 0.15) is 6.54 Å². The van der Waals surface area contributed by atoms with Crippen molar-refractivity contribution in [1.29, 1.82) is 0 Å². The van der Waals surface area contributed by atoms with Crippen molar-refractivity contribution in [2.75, 3.05) is 32.8 Å². The van der Waals surface area contributed by atoms with Crippen LogP contribution in [0.25, 0.3) is 0 Å². The molecule has 1 atom stereocenters. The molecule has 18 heavy (non-hydrogen) atoms. The van der Waals surface area contributed by atoms with Gasteiger partial charge in [0.05, 0.1) is 12.0 Å². The van der Waals surface area contributed by atoms with E-state index in [1.165, 1.54) is 0 Å². The second-order valence-electron chi connectivity index (χ2n) is 4.91. The Hall–Kier alpha value is -0.820. The fourth-order valence-electron chi connectivity index (χ4n) is 2.21. The third-order valence-electron chi connectivity index (χ3n) is 3.14. The second kappa shape index (κ2) is 5.88. The first-order valence-electron chi connectivity index (χ1n) is 5.96. The number of carbonyl (C=O) groups is 1. The Morgan fingerprint density at radius 2 is 2.17 bits per heavy atom. The third kappa shape index (κ3) is 4.13. The molecule has 4 nitrogen and oxygen atoms in total. The molecule has 1 saturated heterocycles. The molecule has 0 aromatic rings. The summed E-state index contributed by atoms with van der Waals surface area (Å²) < 4.78 is 37.2. The number of aliphatic hydroxyl groups excluding tert-OH is 1. The van der Waals surface area contributed by atoms with Crippen LogP contribution in [0.2, 0.25) is 0 Å². The Bertz CT molecular complexity index is 289. The molecule has 1 unspecified atom stereocenters. The average Bonchev–Trinajstić information content (AvgIpc) is 2.27. The van der Waals surface area contributed by atoms with E-state index >= 15 is 0 Å². The van der Waals surface area contributed by atoms with Crippen molar-refractivity contribution in [3.8, 4) is 0 Å². The van der Waals surface area contributed by atoms with E-state index in [2.05, 4.69) is 5.32 Å². The fraction of sp³-hybridized carbons (Fsp3) is 0.909. The van der Waals surface area contributed by atoms with E-state index < -0.39 is 30.7 Å². The second-order valence-corrected chi connectivity index (χ2v) is 4.91. The molecule has 1 rings (SSSR count). The van der Waals surface area contributed by atoms with Crippen molar-refractivity contribution < 1.29 is 23.1 Å². The zero-order valence-corrected chi connectivity index (χ0v) is 10.4. The van der Waals surface area contributed by atoms with Gasteiger partial charge < -0.3 is 15.3 Å². The fourth-order valence-corrected chi connectivity index (χ4v) is 2.21. The highest BCUT2D eigenvalue weighted by Crippen LogP contribution is 2.29. The van der Waals surface area contributed by atoms with Gasteiger partial charge in [-0.05, 0) is 26.3 Å². The number of alkyl halides is 3. The predicted octanol–water partition coefficient (Wildman–Crippen LogP) is 0.759. The number of nitrogens with zero attached hydrogens (tertiary/aromatic N) is 1. The molecule has 0 aromatic heterocycles. The minimum atomic E-state index is -4.44. The van der Waals surface area contributed by atoms with E-state index in [-0.39, 0.29) is 6.54 Å². The summed E-state index contributed by atoms with van der Waals surface area (Å²) in [4.78, 5) is 12.9. The zero-order valence-electron chi connectivity index (χ0n) is 10.4. The lowest BCUT2D eigenvalue weighted by Gasteiger charge is -2.37. The number of rotatable bonds is 4. The lowest BCUT2D eigenvalue weighted by molar-refractivity contribution is -0.168. The molecule has 106 valence electrons. The van der Waals surface area contributed by atoms with Gasteiger partial charge in [0.2, 0.25) is 5.91 Å². The first-order valence-corrected chi connectivity index (χ1v) is 5.96. The van der Waals surface area contributed by atoms with Crippen LogP contribution in [-0.4, -0.2) is 54.9 Å². The zero-order chi connectivity index (χ0) is 13.8. The SMILES string of the molecule is CC1(C(=O)N(CCO)CC(F)(F)F)CCCNC1. The van der Waals surface area contributed by atoms with E-state index in [1.807, 2.05) is 0 Å². The smallest absolute Gasteiger partial charge is 0.395 e. The highest BCUT2D eigenvalue weighted by molar-refractivity contribution is 5.82. The molecule has 7 heteroatoms. The monoisotopic (exact) mass is 268 g/mol. The van der Waals surface area contributed by atoms with Gasteiger partial charge in [-0.2, -0.15) is 13.2 Å². The van der Waals surface area contributed by atoms with Gasteiger partial charge in [0.15, 0.2) is 0 Å². The van der Waals surface area contributed by atoms with Gasteiger partial charge >= 0.3 is 6.18 Å². The van der Waals surface area contributed by atoms with Crippen LogP contribution in [0.4, 0.5) is 13.2 Å². The summed E-state index contributed by atoms with van der Waals surface area (Å²) in [6.07, 6.45) is -3.11. The highest BCUT2D eigenvalue weighted by Gasteiger charge is 2.41. The van der Waals surface area contributed by atoms with Crippen molar-refractivity contribution >= 4 is 5.91 Å². The molecule has 0 aromatic carbocycles. The van der Waals surface area contributed by atoms with Gasteiger partial charge in [0, 0.05) is 13.1 Å². The van der Waals surface area contributed by atoms with E-state index in [0.717, 1.165) is 13.0 Å². The van der Waals surface area contributed by atoms with Crippen molar-refractivity contribution in [1.82, 2.24) is 10.2 Å². The number of amides is 1. The number of hydrogen-bond donors (Lipinski definition) is 2. The molecule has 1 aliphatic rings. The molecule has 1 fully saturated rings. The maximum absolute atomic E-state index is 12.4. The Morgan fingerprint density at radius 3 is 2.61 bits per heavy atom. The highest BCUT2D eigenvalue weighted by atomic mass is 19.4. The minimum absolute atomic E-state index is 0.284. The van der Waals surface area contributed by atoms with E-state index in [9.17, 15) is 18.0 Å². The maximum Gasteiger partial charge on any atom is 0.406 e. The number of hydrogen-bond acceptors (Lipinski definition) is 3. The first-order chi connectivity index (χ1) is 8.28. The van der Waals surface area contributed by atoms with E-state index in [4.69, 9.17) is 5.11 Å². The lowest BCUT2D eigenvalue weighted by atomic mass is 9.81. The molecule has 0 radical (unpaired) electrons. The predicted molar refractivity (Wildman–Crippen MR) is 59.9 cm³/mol. The average molecular weight is 268 g/mol. The van der Waals surface area contributed by atoms with Crippen LogP contribution in [0.1, 0.15) is 19.8 Å². The molecule has 0 spiro atoms. The molecule has 1 heterocycles. The van der Waals surface area contributed by atoms with Crippen LogP contribution in [0, 0.1) is 5.41 Å². The summed E-state index contributed by atoms with van der Waals surface area (Å²) in [6.45, 7) is 0.775. The Balaban J connectivity index is 2.74. The van der Waals surface area contributed by atoms with Crippen LogP contribution < -0.4 is 5.32 Å². The van der Waals surface area contributed by atoms with Crippen LogP contribution in [0.3, 0.4) is 0 Å². The van der Waals surface area contributed by atoms with Gasteiger partial charge in [0.25, 0.3) is 0 Å². The molecule has 0 bridgehead atoms. The Kier molecular flexibility index (Phi) is 4.98. The Morgan fingerprint density at radius 1 is 1.50 bits per heavy atom. The summed E-state index contributed by atoms with van der Waals surface area (Å²) in [5.41, 5.74) is -0.807. The minimum Gasteiger partial charge on any atom is -0.395 e. The molecule has 1 amide bonds. The summed E-state index contributed by atoms with van der Waals surface area (Å²) >= 11 is 0. The topological polar surface area (TPSA) is 52.6 Å². The van der Waals surface area contributed by atoms with Crippen molar-refractivity contribution in [2.24, 2.45) is 5.41 Å². The normalized spacial score (nSPS) is 24.9. The summed E-state index contributed by atoms with van der Waals surface area (Å²) in [5, 5.41) is 11.8. The number of piperidine rings is 1. The molecular formula is C11H19F3N2O2. The summed E-state index contributed by atoms with van der Waals surface area (Å²) in [5.74, 6) is -0.541. The number of nitrogens with one attached hydrogen (secondary N) is 1. The summed E-state index contributed by atoms with van der Waals surface area (Å²) in [7, 11) is 0. The van der Waals surface area contributed by atoms with Crippen molar-refractivity contribution in [2.45, 2.75) is 25.9 Å². The van der Waals surface area contributed by atoms with Gasteiger partial charge in [-0.15, -0.1) is 0 Å². The standard InChI is InChI=1S/C11H19F3N2O2/c1-10(3-2-4-15-7-10)9(18)16(5-6-17)8-11(12,13)14/h15,17H,2-8H2,1H3. The van der Waals surface area contributed by atoms with Crippen LogP contribution in [-0.2, 0) is 4.79 Å². The molecule has 1 aliphatic heterocycles. The van der Waals surface area contributed by atoms with Gasteiger partial charge in [-0.25, -0.2) is 0 Å². The van der Waals surface area contributed by atoms with Crippen molar-refractivity contribution in [3.63, 3.8) is 0 Å². The molecule has 0 aliphatic carbocycles. The number of carbonyl (C=O) groups excluding carboxylic acids is 1. The number of aliphatic hydroxyl groups is 1. The maximum atomic E-state index is 12.4. The summed E-state index contributed by atoms with van der Waals surface area (Å²) in [6, 6.07) is 0. The number of halogens is 3. The van der Waals surface area contributed by atoms with E-state index in [1.54, 1.807) is 6.92 Å². The van der Waals surface area contributed by atoms with Crippen molar-refractivity contribution in [3.05, 3.63) is 0 Å². The van der Waals surface area contributed by atoms with E-state index in [0.29, 0.717) is 17.9 Å². The van der Waals surface area contributed by atoms with Crippen LogP contribution in [0.5, 0.6) is 0 Å². The lowest BCUT2D eigenvalue weighted by Crippen LogP contribution is -2.52. The third-order valence-corrected chi connectivity index (χ3v) is 3.14. The van der Waals surface area contributed by atoms with Gasteiger partial charge in [-0.1, -0.05) is 0 Å². The largest absolute Gasteiger partial charge is 0.406 e. The van der Waals surface area contributed by atoms with Crippen LogP contribution >= 0.6 is 0 Å². The Labute approximate surface area is 104 Å². The quantitative estimate of drug-likeness (QED) is 0.791. The molecule has 0 saturated carbocycles. The molecule has 2 N–H and O–H groups in total. The first kappa shape index (κ1) is 15.2. The molecular weight excluding hydrogens is 249 g/mol. The van der Waals surface area contributed by atoms with Crippen LogP contribution in [0.15, 0.2) is 0 Å². The van der Waals surface area contributed by atoms with Gasteiger partial charge in [-0.3, -0.25) is 4.79 Å².